The van der Waals surface area contributed by atoms with Crippen LogP contribution in [0.15, 0.2) is 18.2 Å². The Hall–Kier alpha value is -1.75. The molecule has 0 saturated carbocycles. The van der Waals surface area contributed by atoms with Crippen LogP contribution in [0.3, 0.4) is 0 Å². The van der Waals surface area contributed by atoms with Crippen LogP contribution in [0, 0.1) is 5.41 Å². The Morgan fingerprint density at radius 2 is 2.11 bits per heavy atom. The summed E-state index contributed by atoms with van der Waals surface area (Å²) in [5.41, 5.74) is 5.73. The molecule has 1 aromatic carbocycles. The third-order valence-corrected chi connectivity index (χ3v) is 2.88. The second kappa shape index (κ2) is 5.93. The number of hydrogen-bond donors (Lipinski definition) is 2. The van der Waals surface area contributed by atoms with Crippen molar-refractivity contribution in [2.45, 2.75) is 26.8 Å². The van der Waals surface area contributed by atoms with Gasteiger partial charge in [0.2, 0.25) is 0 Å². The van der Waals surface area contributed by atoms with Gasteiger partial charge in [0.25, 0.3) is 0 Å². The maximum atomic E-state index is 11.1. The van der Waals surface area contributed by atoms with E-state index >= 15 is 0 Å². The highest BCUT2D eigenvalue weighted by molar-refractivity contribution is 5.73. The smallest absolute Gasteiger partial charge is 0.312 e. The lowest BCUT2D eigenvalue weighted by Crippen LogP contribution is -2.31. The number of aliphatic carboxylic acids is 1. The first-order valence-corrected chi connectivity index (χ1v) is 6.07. The van der Waals surface area contributed by atoms with Crippen molar-refractivity contribution < 1.29 is 19.4 Å². The van der Waals surface area contributed by atoms with Crippen LogP contribution in [0.5, 0.6) is 11.5 Å². The first kappa shape index (κ1) is 15.3. The number of hydrogen-bond acceptors (Lipinski definition) is 4. The zero-order chi connectivity index (χ0) is 14.6. The highest BCUT2D eigenvalue weighted by Crippen LogP contribution is 2.30. The summed E-state index contributed by atoms with van der Waals surface area (Å²) in [4.78, 5) is 11.1. The summed E-state index contributed by atoms with van der Waals surface area (Å²) in [6, 6.07) is 5.14. The lowest BCUT2D eigenvalue weighted by Gasteiger charge is -2.22. The van der Waals surface area contributed by atoms with Gasteiger partial charge >= 0.3 is 5.97 Å². The van der Waals surface area contributed by atoms with E-state index in [2.05, 4.69) is 0 Å². The van der Waals surface area contributed by atoms with Gasteiger partial charge in [-0.15, -0.1) is 0 Å². The molecule has 0 heterocycles. The van der Waals surface area contributed by atoms with Crippen LogP contribution in [0.2, 0.25) is 0 Å². The van der Waals surface area contributed by atoms with Crippen LogP contribution in [0.4, 0.5) is 0 Å². The predicted molar refractivity (Wildman–Crippen MR) is 72.5 cm³/mol. The maximum absolute atomic E-state index is 11.1. The normalized spacial score (nSPS) is 12.9. The predicted octanol–water partition coefficient (Wildman–Crippen LogP) is 2.20. The molecule has 3 N–H and O–H groups in total. The molecule has 0 fully saturated rings. The molecule has 0 amide bonds. The lowest BCUT2D eigenvalue weighted by molar-refractivity contribution is -0.148. The molecule has 0 aliphatic carbocycles. The van der Waals surface area contributed by atoms with Crippen molar-refractivity contribution in [1.82, 2.24) is 0 Å². The molecule has 19 heavy (non-hydrogen) atoms. The number of carbonyl (C=O) groups is 1. The summed E-state index contributed by atoms with van der Waals surface area (Å²) < 4.78 is 10.8. The molecule has 1 atom stereocenters. The van der Waals surface area contributed by atoms with Gasteiger partial charge in [-0.1, -0.05) is 6.07 Å². The van der Waals surface area contributed by atoms with Gasteiger partial charge in [-0.2, -0.15) is 0 Å². The van der Waals surface area contributed by atoms with E-state index in [-0.39, 0.29) is 12.6 Å². The third-order valence-electron chi connectivity index (χ3n) is 2.88. The van der Waals surface area contributed by atoms with Gasteiger partial charge in [-0.25, -0.2) is 0 Å². The fraction of sp³-hybridized carbons (Fsp3) is 0.500. The molecule has 1 aromatic rings. The average molecular weight is 267 g/mol. The van der Waals surface area contributed by atoms with E-state index < -0.39 is 11.4 Å². The first-order valence-electron chi connectivity index (χ1n) is 6.07. The number of carboxylic acid groups (broad SMARTS) is 1. The Kier molecular flexibility index (Phi) is 4.78. The maximum Gasteiger partial charge on any atom is 0.312 e. The van der Waals surface area contributed by atoms with E-state index in [4.69, 9.17) is 20.3 Å². The Morgan fingerprint density at radius 3 is 2.58 bits per heavy atom. The van der Waals surface area contributed by atoms with E-state index in [9.17, 15) is 4.79 Å². The summed E-state index contributed by atoms with van der Waals surface area (Å²) in [7, 11) is 1.56. The van der Waals surface area contributed by atoms with Gasteiger partial charge < -0.3 is 20.3 Å². The molecular weight excluding hydrogens is 246 g/mol. The largest absolute Gasteiger partial charge is 0.497 e. The van der Waals surface area contributed by atoms with Gasteiger partial charge in [0, 0.05) is 17.7 Å². The molecule has 0 saturated heterocycles. The van der Waals surface area contributed by atoms with Crippen molar-refractivity contribution in [3.05, 3.63) is 23.8 Å². The number of ether oxygens (including phenoxy) is 2. The van der Waals surface area contributed by atoms with Crippen molar-refractivity contribution >= 4 is 5.97 Å². The van der Waals surface area contributed by atoms with Crippen molar-refractivity contribution in [2.75, 3.05) is 13.7 Å². The Balaban J connectivity index is 2.95. The van der Waals surface area contributed by atoms with Crippen LogP contribution >= 0.6 is 0 Å². The second-order valence-electron chi connectivity index (χ2n) is 5.17. The van der Waals surface area contributed by atoms with Gasteiger partial charge in [0.1, 0.15) is 18.1 Å². The Labute approximate surface area is 113 Å². The molecule has 0 aromatic heterocycles. The summed E-state index contributed by atoms with van der Waals surface area (Å²) in [5.74, 6) is 0.300. The van der Waals surface area contributed by atoms with Crippen molar-refractivity contribution in [3.8, 4) is 11.5 Å². The molecule has 0 bridgehead atoms. The monoisotopic (exact) mass is 267 g/mol. The minimum absolute atomic E-state index is 0.0647. The van der Waals surface area contributed by atoms with Crippen LogP contribution < -0.4 is 15.2 Å². The summed E-state index contributed by atoms with van der Waals surface area (Å²) in [5, 5.41) is 9.07. The highest BCUT2D eigenvalue weighted by Gasteiger charge is 2.28. The number of methoxy groups -OCH3 is 1. The standard InChI is InChI=1S/C14H21NO4/c1-9(15)11-6-5-10(18-4)7-12(11)19-8-14(2,3)13(16)17/h5-7,9H,8,15H2,1-4H3,(H,16,17). The van der Waals surface area contributed by atoms with Gasteiger partial charge in [0.15, 0.2) is 0 Å². The quantitative estimate of drug-likeness (QED) is 0.825. The van der Waals surface area contributed by atoms with E-state index in [1.54, 1.807) is 33.1 Å². The zero-order valence-electron chi connectivity index (χ0n) is 11.8. The SMILES string of the molecule is COc1ccc(C(C)N)c(OCC(C)(C)C(=O)O)c1. The van der Waals surface area contributed by atoms with E-state index in [1.807, 2.05) is 13.0 Å². The molecule has 106 valence electrons. The van der Waals surface area contributed by atoms with E-state index in [0.717, 1.165) is 5.56 Å². The van der Waals surface area contributed by atoms with Crippen molar-refractivity contribution in [3.63, 3.8) is 0 Å². The van der Waals surface area contributed by atoms with Crippen LogP contribution in [-0.4, -0.2) is 24.8 Å². The molecular formula is C14H21NO4. The minimum atomic E-state index is -0.960. The molecule has 0 aliphatic heterocycles. The fourth-order valence-electron chi connectivity index (χ4n) is 1.46. The zero-order valence-corrected chi connectivity index (χ0v) is 11.8. The first-order chi connectivity index (χ1) is 8.77. The summed E-state index contributed by atoms with van der Waals surface area (Å²) >= 11 is 0. The number of carboxylic acids is 1. The average Bonchev–Trinajstić information content (AvgIpc) is 2.35. The van der Waals surface area contributed by atoms with Crippen LogP contribution in [0.25, 0.3) is 0 Å². The highest BCUT2D eigenvalue weighted by atomic mass is 16.5. The molecule has 1 rings (SSSR count). The van der Waals surface area contributed by atoms with Gasteiger partial charge in [-0.3, -0.25) is 4.79 Å². The molecule has 0 spiro atoms. The van der Waals surface area contributed by atoms with Gasteiger partial charge in [-0.05, 0) is 26.8 Å². The van der Waals surface area contributed by atoms with Gasteiger partial charge in [0.05, 0.1) is 12.5 Å². The topological polar surface area (TPSA) is 81.8 Å². The third kappa shape index (κ3) is 3.86. The molecule has 0 aliphatic rings. The van der Waals surface area contributed by atoms with E-state index in [1.165, 1.54) is 0 Å². The Morgan fingerprint density at radius 1 is 1.47 bits per heavy atom. The number of benzene rings is 1. The molecule has 5 heteroatoms. The van der Waals surface area contributed by atoms with Crippen molar-refractivity contribution in [1.29, 1.82) is 0 Å². The minimum Gasteiger partial charge on any atom is -0.497 e. The molecule has 0 radical (unpaired) electrons. The van der Waals surface area contributed by atoms with Crippen LogP contribution in [-0.2, 0) is 4.79 Å². The fourth-order valence-corrected chi connectivity index (χ4v) is 1.46. The number of rotatable bonds is 6. The van der Waals surface area contributed by atoms with Crippen LogP contribution in [0.1, 0.15) is 32.4 Å². The summed E-state index contributed by atoms with van der Waals surface area (Å²) in [6.07, 6.45) is 0. The number of nitrogens with two attached hydrogens (primary N) is 1. The van der Waals surface area contributed by atoms with E-state index in [0.29, 0.717) is 11.5 Å². The second-order valence-corrected chi connectivity index (χ2v) is 5.17. The summed E-state index contributed by atoms with van der Waals surface area (Å²) in [6.45, 7) is 5.13. The lowest BCUT2D eigenvalue weighted by atomic mass is 9.95. The molecule has 5 nitrogen and oxygen atoms in total. The van der Waals surface area contributed by atoms with Crippen molar-refractivity contribution in [2.24, 2.45) is 11.1 Å². The molecule has 1 unspecified atom stereocenters. The Bertz CT molecular complexity index is 455.